The van der Waals surface area contributed by atoms with Gasteiger partial charge < -0.3 is 21.0 Å². The van der Waals surface area contributed by atoms with Gasteiger partial charge in [0.1, 0.15) is 11.6 Å². The molecule has 1 aromatic heterocycles. The number of nitrogens with zero attached hydrogens (tertiary/aromatic N) is 2. The summed E-state index contributed by atoms with van der Waals surface area (Å²) in [5.41, 5.74) is 2.46. The second kappa shape index (κ2) is 6.54. The van der Waals surface area contributed by atoms with Gasteiger partial charge in [0, 0.05) is 27.2 Å². The van der Waals surface area contributed by atoms with E-state index in [4.69, 9.17) is 5.84 Å². The molecule has 0 unspecified atom stereocenters. The van der Waals surface area contributed by atoms with Crippen molar-refractivity contribution in [2.24, 2.45) is 5.84 Å². The number of carbonyl (C=O) groups is 1. The zero-order valence-electron chi connectivity index (χ0n) is 10.0. The van der Waals surface area contributed by atoms with Crippen molar-refractivity contribution in [2.75, 3.05) is 37.9 Å². The summed E-state index contributed by atoms with van der Waals surface area (Å²) in [5.74, 6) is 6.54. The number of amides is 2. The van der Waals surface area contributed by atoms with Gasteiger partial charge in [-0.25, -0.2) is 15.6 Å². The van der Waals surface area contributed by atoms with E-state index in [0.29, 0.717) is 24.7 Å². The highest BCUT2D eigenvalue weighted by Gasteiger charge is 2.01. The maximum Gasteiger partial charge on any atom is 0.316 e. The maximum atomic E-state index is 11.2. The molecule has 0 fully saturated rings. The molecule has 0 spiro atoms. The molecule has 0 saturated heterocycles. The monoisotopic (exact) mass is 238 g/mol. The molecule has 1 aromatic rings. The fourth-order valence-electron chi connectivity index (χ4n) is 1.13. The molecule has 0 bridgehead atoms. The number of urea groups is 1. The molecule has 0 saturated carbocycles. The first-order chi connectivity index (χ1) is 8.13. The van der Waals surface area contributed by atoms with E-state index >= 15 is 0 Å². The van der Waals surface area contributed by atoms with Crippen molar-refractivity contribution in [3.63, 3.8) is 0 Å². The van der Waals surface area contributed by atoms with Crippen LogP contribution in [0, 0.1) is 0 Å². The molecular formula is C10H18N6O. The predicted molar refractivity (Wildman–Crippen MR) is 67.6 cm³/mol. The maximum absolute atomic E-state index is 11.2. The second-order valence-electron chi connectivity index (χ2n) is 3.61. The Kier molecular flexibility index (Phi) is 5.02. The fraction of sp³-hybridized carbons (Fsp3) is 0.400. The molecule has 2 amide bonds. The minimum Gasteiger partial charge on any atom is -0.368 e. The van der Waals surface area contributed by atoms with Crippen LogP contribution in [0.3, 0.4) is 0 Å². The number of rotatable bonds is 5. The van der Waals surface area contributed by atoms with Crippen LogP contribution in [0.5, 0.6) is 0 Å². The van der Waals surface area contributed by atoms with Gasteiger partial charge in [0.05, 0.1) is 0 Å². The van der Waals surface area contributed by atoms with Gasteiger partial charge in [0.2, 0.25) is 0 Å². The van der Waals surface area contributed by atoms with Crippen molar-refractivity contribution in [1.82, 2.24) is 15.2 Å². The third kappa shape index (κ3) is 4.56. The van der Waals surface area contributed by atoms with Crippen LogP contribution in [0.25, 0.3) is 0 Å². The Morgan fingerprint density at radius 2 is 2.06 bits per heavy atom. The molecule has 0 aliphatic heterocycles. The lowest BCUT2D eigenvalue weighted by atomic mass is 10.4. The number of aromatic nitrogens is 1. The smallest absolute Gasteiger partial charge is 0.316 e. The molecule has 0 aliphatic carbocycles. The number of nitrogen functional groups attached to an aromatic ring is 1. The first-order valence-corrected chi connectivity index (χ1v) is 5.26. The summed E-state index contributed by atoms with van der Waals surface area (Å²) in [6, 6.07) is 5.31. The Hall–Kier alpha value is -2.02. The van der Waals surface area contributed by atoms with Crippen LogP contribution in [0.2, 0.25) is 0 Å². The van der Waals surface area contributed by atoms with Crippen molar-refractivity contribution in [3.05, 3.63) is 18.2 Å². The van der Waals surface area contributed by atoms with Crippen molar-refractivity contribution in [2.45, 2.75) is 0 Å². The van der Waals surface area contributed by atoms with Crippen molar-refractivity contribution < 1.29 is 4.79 Å². The first kappa shape index (κ1) is 13.0. The molecule has 1 rings (SSSR count). The summed E-state index contributed by atoms with van der Waals surface area (Å²) < 4.78 is 0. The van der Waals surface area contributed by atoms with Gasteiger partial charge in [-0.3, -0.25) is 0 Å². The summed E-state index contributed by atoms with van der Waals surface area (Å²) in [4.78, 5) is 16.9. The summed E-state index contributed by atoms with van der Waals surface area (Å²) in [6.45, 7) is 1.12. The highest BCUT2D eigenvalue weighted by Crippen LogP contribution is 2.06. The third-order valence-corrected chi connectivity index (χ3v) is 2.01. The predicted octanol–water partition coefficient (Wildman–Crippen LogP) is 0.0503. The summed E-state index contributed by atoms with van der Waals surface area (Å²) in [7, 11) is 3.39. The van der Waals surface area contributed by atoms with E-state index in [0.717, 1.165) is 0 Å². The van der Waals surface area contributed by atoms with Crippen molar-refractivity contribution in [1.29, 1.82) is 0 Å². The zero-order valence-corrected chi connectivity index (χ0v) is 10.0. The Morgan fingerprint density at radius 3 is 2.71 bits per heavy atom. The Labute approximate surface area is 100 Å². The van der Waals surface area contributed by atoms with Gasteiger partial charge in [-0.1, -0.05) is 6.07 Å². The molecule has 0 radical (unpaired) electrons. The molecule has 0 aliphatic rings. The fourth-order valence-corrected chi connectivity index (χ4v) is 1.13. The van der Waals surface area contributed by atoms with Crippen LogP contribution >= 0.6 is 0 Å². The topological polar surface area (TPSA) is 95.3 Å². The van der Waals surface area contributed by atoms with Gasteiger partial charge >= 0.3 is 6.03 Å². The molecule has 94 valence electrons. The number of hydrogen-bond donors (Lipinski definition) is 4. The van der Waals surface area contributed by atoms with Crippen molar-refractivity contribution >= 4 is 17.7 Å². The normalized spacial score (nSPS) is 9.59. The number of hydrazine groups is 1. The molecule has 0 aromatic carbocycles. The van der Waals surface area contributed by atoms with Crippen molar-refractivity contribution in [3.8, 4) is 0 Å². The summed E-state index contributed by atoms with van der Waals surface area (Å²) in [5, 5.41) is 5.81. The number of nitrogens with two attached hydrogens (primary N) is 1. The highest BCUT2D eigenvalue weighted by atomic mass is 16.2. The van der Waals surface area contributed by atoms with Gasteiger partial charge in [-0.15, -0.1) is 0 Å². The Morgan fingerprint density at radius 1 is 1.35 bits per heavy atom. The number of nitrogens with one attached hydrogen (secondary N) is 3. The summed E-state index contributed by atoms with van der Waals surface area (Å²) >= 11 is 0. The first-order valence-electron chi connectivity index (χ1n) is 5.26. The molecule has 7 nitrogen and oxygen atoms in total. The lowest BCUT2D eigenvalue weighted by Gasteiger charge is -2.12. The van der Waals surface area contributed by atoms with E-state index in [2.05, 4.69) is 21.0 Å². The minimum atomic E-state index is -0.114. The molecule has 7 heteroatoms. The lowest BCUT2D eigenvalue weighted by Crippen LogP contribution is -2.37. The summed E-state index contributed by atoms with van der Waals surface area (Å²) in [6.07, 6.45) is 0. The van der Waals surface area contributed by atoms with Gasteiger partial charge in [0.15, 0.2) is 0 Å². The van der Waals surface area contributed by atoms with Gasteiger partial charge in [-0.2, -0.15) is 0 Å². The Balaban J connectivity index is 2.28. The average molecular weight is 238 g/mol. The molecular weight excluding hydrogens is 220 g/mol. The lowest BCUT2D eigenvalue weighted by molar-refractivity contribution is 0.218. The van der Waals surface area contributed by atoms with Crippen LogP contribution in [0.1, 0.15) is 0 Å². The van der Waals surface area contributed by atoms with E-state index in [1.165, 1.54) is 4.90 Å². The van der Waals surface area contributed by atoms with Crippen LogP contribution in [-0.4, -0.2) is 43.1 Å². The van der Waals surface area contributed by atoms with E-state index in [1.807, 2.05) is 12.1 Å². The highest BCUT2D eigenvalue weighted by molar-refractivity contribution is 5.73. The van der Waals surface area contributed by atoms with E-state index in [-0.39, 0.29) is 6.03 Å². The number of pyridine rings is 1. The second-order valence-corrected chi connectivity index (χ2v) is 3.61. The van der Waals surface area contributed by atoms with Crippen LogP contribution in [0.15, 0.2) is 18.2 Å². The number of anilines is 2. The van der Waals surface area contributed by atoms with E-state index in [1.54, 1.807) is 20.2 Å². The largest absolute Gasteiger partial charge is 0.368 e. The molecule has 5 N–H and O–H groups in total. The SMILES string of the molecule is CN(C)C(=O)NCCNc1cccc(NN)n1. The standard InChI is InChI=1S/C10H18N6O/c1-16(2)10(17)13-7-6-12-8-4-3-5-9(14-8)15-11/h3-5H,6-7,11H2,1-2H3,(H,13,17)(H2,12,14,15). The molecule has 1 heterocycles. The molecule has 17 heavy (non-hydrogen) atoms. The molecule has 0 atom stereocenters. The third-order valence-electron chi connectivity index (χ3n) is 2.01. The Bertz CT molecular complexity index is 368. The quantitative estimate of drug-likeness (QED) is 0.330. The van der Waals surface area contributed by atoms with Gasteiger partial charge in [0.25, 0.3) is 0 Å². The number of hydrogen-bond acceptors (Lipinski definition) is 5. The van der Waals surface area contributed by atoms with Crippen LogP contribution in [-0.2, 0) is 0 Å². The zero-order chi connectivity index (χ0) is 12.7. The van der Waals surface area contributed by atoms with Crippen LogP contribution in [0.4, 0.5) is 16.4 Å². The van der Waals surface area contributed by atoms with Crippen LogP contribution < -0.4 is 21.9 Å². The average Bonchev–Trinajstić information content (AvgIpc) is 2.34. The number of carbonyl (C=O) groups excluding carboxylic acids is 1. The minimum absolute atomic E-state index is 0.114. The van der Waals surface area contributed by atoms with E-state index < -0.39 is 0 Å². The van der Waals surface area contributed by atoms with E-state index in [9.17, 15) is 4.79 Å². The van der Waals surface area contributed by atoms with Gasteiger partial charge in [-0.05, 0) is 12.1 Å².